The van der Waals surface area contributed by atoms with E-state index in [1.807, 2.05) is 4.90 Å². The van der Waals surface area contributed by atoms with Crippen LogP contribution in [0.5, 0.6) is 0 Å². The number of rotatable bonds is 3. The van der Waals surface area contributed by atoms with Gasteiger partial charge in [0.15, 0.2) is 0 Å². The monoisotopic (exact) mass is 451 g/mol. The second-order valence-corrected chi connectivity index (χ2v) is 9.05. The first-order valence-electron chi connectivity index (χ1n) is 10.5. The third kappa shape index (κ3) is 4.46. The van der Waals surface area contributed by atoms with Crippen LogP contribution in [0.25, 0.3) is 10.6 Å². The Kier molecular flexibility index (Phi) is 6.05. The van der Waals surface area contributed by atoms with E-state index >= 15 is 0 Å². The zero-order valence-corrected chi connectivity index (χ0v) is 18.1. The number of aromatic nitrogens is 1. The van der Waals surface area contributed by atoms with Gasteiger partial charge >= 0.3 is 6.18 Å². The van der Waals surface area contributed by atoms with Crippen molar-refractivity contribution in [3.05, 3.63) is 40.4 Å². The summed E-state index contributed by atoms with van der Waals surface area (Å²) in [5.74, 6) is -0.193. The zero-order valence-electron chi connectivity index (χ0n) is 17.2. The lowest BCUT2D eigenvalue weighted by Crippen LogP contribution is -2.52. The number of likely N-dealkylation sites (tertiary alicyclic amines) is 2. The first-order chi connectivity index (χ1) is 14.8. The molecule has 4 rings (SSSR count). The molecule has 0 saturated carbocycles. The Morgan fingerprint density at radius 3 is 2.32 bits per heavy atom. The van der Waals surface area contributed by atoms with E-state index in [2.05, 4.69) is 4.98 Å². The number of halogens is 3. The van der Waals surface area contributed by atoms with Crippen molar-refractivity contribution >= 4 is 23.2 Å². The molecule has 2 aliphatic rings. The Labute approximate surface area is 182 Å². The molecule has 0 aliphatic carbocycles. The van der Waals surface area contributed by atoms with Crippen LogP contribution in [0.1, 0.15) is 53.0 Å². The molecule has 1 aromatic heterocycles. The molecule has 1 aromatic carbocycles. The normalized spacial score (nSPS) is 19.7. The minimum atomic E-state index is -4.40. The molecule has 2 amide bonds. The molecule has 9 heteroatoms. The summed E-state index contributed by atoms with van der Waals surface area (Å²) in [6, 6.07) is 4.33. The van der Waals surface area contributed by atoms with E-state index in [0.717, 1.165) is 50.9 Å². The number of benzene rings is 1. The highest BCUT2D eigenvalue weighted by Crippen LogP contribution is 2.34. The number of alkyl halides is 3. The average Bonchev–Trinajstić information content (AvgIpc) is 3.42. The van der Waals surface area contributed by atoms with Gasteiger partial charge in [-0.1, -0.05) is 12.1 Å². The van der Waals surface area contributed by atoms with Crippen LogP contribution in [-0.4, -0.2) is 52.3 Å². The first-order valence-corrected chi connectivity index (χ1v) is 11.3. The van der Waals surface area contributed by atoms with Gasteiger partial charge < -0.3 is 9.80 Å². The molecule has 0 N–H and O–H groups in total. The van der Waals surface area contributed by atoms with Crippen molar-refractivity contribution in [2.75, 3.05) is 19.6 Å². The molecule has 2 fully saturated rings. The molecule has 3 heterocycles. The maximum absolute atomic E-state index is 13.4. The molecular weight excluding hydrogens is 427 g/mol. The number of carbonyl (C=O) groups excluding carboxylic acids is 2. The fourth-order valence-corrected chi connectivity index (χ4v) is 5.26. The lowest BCUT2D eigenvalue weighted by molar-refractivity contribution is -0.137. The van der Waals surface area contributed by atoms with Crippen molar-refractivity contribution in [2.24, 2.45) is 0 Å². The summed E-state index contributed by atoms with van der Waals surface area (Å²) in [5.41, 5.74) is 0.337. The van der Waals surface area contributed by atoms with Crippen molar-refractivity contribution in [2.45, 2.75) is 51.2 Å². The molecule has 1 atom stereocenters. The maximum atomic E-state index is 13.4. The number of hydrogen-bond acceptors (Lipinski definition) is 4. The largest absolute Gasteiger partial charge is 0.416 e. The summed E-state index contributed by atoms with van der Waals surface area (Å²) in [6.45, 7) is 3.73. The van der Waals surface area contributed by atoms with Gasteiger partial charge in [0, 0.05) is 25.2 Å². The van der Waals surface area contributed by atoms with E-state index in [-0.39, 0.29) is 11.8 Å². The summed E-state index contributed by atoms with van der Waals surface area (Å²) < 4.78 is 38.5. The molecular formula is C22H24F3N3O2S. The van der Waals surface area contributed by atoms with Crippen LogP contribution in [0.3, 0.4) is 0 Å². The van der Waals surface area contributed by atoms with Crippen LogP contribution >= 0.6 is 11.3 Å². The standard InChI is InChI=1S/C22H24F3N3O2S/c1-14-18(31-19(26-14)15-7-9-16(10-8-15)22(23,24)25)21(30)28-13-3-2-6-17(28)20(29)27-11-4-5-12-27/h7-10,17H,2-6,11-13H2,1H3. The Hall–Kier alpha value is -2.42. The lowest BCUT2D eigenvalue weighted by atomic mass is 10.0. The fourth-order valence-electron chi connectivity index (χ4n) is 4.23. The van der Waals surface area contributed by atoms with Gasteiger partial charge in [-0.05, 0) is 51.2 Å². The van der Waals surface area contributed by atoms with E-state index in [1.165, 1.54) is 23.5 Å². The number of carbonyl (C=O) groups is 2. The minimum absolute atomic E-state index is 0.0238. The summed E-state index contributed by atoms with van der Waals surface area (Å²) >= 11 is 1.17. The van der Waals surface area contributed by atoms with Gasteiger partial charge in [-0.15, -0.1) is 11.3 Å². The predicted molar refractivity (Wildman–Crippen MR) is 112 cm³/mol. The van der Waals surface area contributed by atoms with Gasteiger partial charge in [0.05, 0.1) is 11.3 Å². The van der Waals surface area contributed by atoms with Crippen molar-refractivity contribution in [3.63, 3.8) is 0 Å². The van der Waals surface area contributed by atoms with Crippen LogP contribution in [0.15, 0.2) is 24.3 Å². The molecule has 1 unspecified atom stereocenters. The number of amides is 2. The van der Waals surface area contributed by atoms with Crippen LogP contribution in [0.4, 0.5) is 13.2 Å². The molecule has 5 nitrogen and oxygen atoms in total. The Bertz CT molecular complexity index is 965. The smallest absolute Gasteiger partial charge is 0.341 e. The molecule has 31 heavy (non-hydrogen) atoms. The van der Waals surface area contributed by atoms with Gasteiger partial charge in [-0.3, -0.25) is 9.59 Å². The average molecular weight is 452 g/mol. The highest BCUT2D eigenvalue weighted by atomic mass is 32.1. The number of hydrogen-bond donors (Lipinski definition) is 0. The quantitative estimate of drug-likeness (QED) is 0.677. The predicted octanol–water partition coefficient (Wildman–Crippen LogP) is 4.75. The highest BCUT2D eigenvalue weighted by molar-refractivity contribution is 7.17. The summed E-state index contributed by atoms with van der Waals surface area (Å²) in [7, 11) is 0. The van der Waals surface area contributed by atoms with E-state index in [4.69, 9.17) is 0 Å². The Balaban J connectivity index is 1.56. The van der Waals surface area contributed by atoms with Crippen molar-refractivity contribution in [1.82, 2.24) is 14.8 Å². The fraction of sp³-hybridized carbons (Fsp3) is 0.500. The van der Waals surface area contributed by atoms with E-state index < -0.39 is 17.8 Å². The van der Waals surface area contributed by atoms with E-state index in [0.29, 0.717) is 34.1 Å². The van der Waals surface area contributed by atoms with Gasteiger partial charge in [0.1, 0.15) is 15.9 Å². The number of thiazole rings is 1. The first kappa shape index (κ1) is 21.8. The second-order valence-electron chi connectivity index (χ2n) is 8.05. The lowest BCUT2D eigenvalue weighted by Gasteiger charge is -2.36. The molecule has 2 aliphatic heterocycles. The summed E-state index contributed by atoms with van der Waals surface area (Å²) in [6.07, 6.45) is 0.00756. The molecule has 0 spiro atoms. The maximum Gasteiger partial charge on any atom is 0.416 e. The topological polar surface area (TPSA) is 53.5 Å². The van der Waals surface area contributed by atoms with Crippen LogP contribution in [0.2, 0.25) is 0 Å². The second kappa shape index (κ2) is 8.61. The summed E-state index contributed by atoms with van der Waals surface area (Å²) in [4.78, 5) is 34.7. The SMILES string of the molecule is Cc1nc(-c2ccc(C(F)(F)F)cc2)sc1C(=O)N1CCCCC1C(=O)N1CCCC1. The van der Waals surface area contributed by atoms with E-state index in [1.54, 1.807) is 11.8 Å². The molecule has 2 saturated heterocycles. The van der Waals surface area contributed by atoms with Gasteiger partial charge in [-0.25, -0.2) is 4.98 Å². The van der Waals surface area contributed by atoms with Crippen LogP contribution < -0.4 is 0 Å². The van der Waals surface area contributed by atoms with Gasteiger partial charge in [0.2, 0.25) is 5.91 Å². The third-order valence-corrected chi connectivity index (χ3v) is 7.11. The van der Waals surface area contributed by atoms with Crippen molar-refractivity contribution in [3.8, 4) is 10.6 Å². The zero-order chi connectivity index (χ0) is 22.2. The molecule has 2 aromatic rings. The van der Waals surface area contributed by atoms with Crippen LogP contribution in [-0.2, 0) is 11.0 Å². The van der Waals surface area contributed by atoms with Crippen molar-refractivity contribution < 1.29 is 22.8 Å². The van der Waals surface area contributed by atoms with Crippen molar-refractivity contribution in [1.29, 1.82) is 0 Å². The molecule has 166 valence electrons. The summed E-state index contributed by atoms with van der Waals surface area (Å²) in [5, 5.41) is 0.494. The number of piperidine rings is 1. The molecule has 0 radical (unpaired) electrons. The minimum Gasteiger partial charge on any atom is -0.341 e. The van der Waals surface area contributed by atoms with Gasteiger partial charge in [0.25, 0.3) is 5.91 Å². The Morgan fingerprint density at radius 2 is 1.68 bits per heavy atom. The van der Waals surface area contributed by atoms with E-state index in [9.17, 15) is 22.8 Å². The number of aryl methyl sites for hydroxylation is 1. The molecule has 0 bridgehead atoms. The number of nitrogens with zero attached hydrogens (tertiary/aromatic N) is 3. The Morgan fingerprint density at radius 1 is 1.03 bits per heavy atom. The highest BCUT2D eigenvalue weighted by Gasteiger charge is 2.37. The third-order valence-electron chi connectivity index (χ3n) is 5.92. The van der Waals surface area contributed by atoms with Gasteiger partial charge in [-0.2, -0.15) is 13.2 Å². The van der Waals surface area contributed by atoms with Crippen LogP contribution in [0, 0.1) is 6.92 Å².